The zero-order valence-corrected chi connectivity index (χ0v) is 17.1. The number of halogens is 4. The molecule has 1 aromatic rings. The van der Waals surface area contributed by atoms with Crippen LogP contribution in [0.2, 0.25) is 18.1 Å². The van der Waals surface area contributed by atoms with Gasteiger partial charge >= 0.3 is 12.1 Å². The monoisotopic (exact) mass is 425 g/mol. The predicted molar refractivity (Wildman–Crippen MR) is 95.7 cm³/mol. The molecule has 24 heavy (non-hydrogen) atoms. The Morgan fingerprint density at radius 3 is 2.08 bits per heavy atom. The van der Waals surface area contributed by atoms with E-state index in [1.165, 1.54) is 12.1 Å². The molecule has 0 aromatic heterocycles. The third-order valence-electron chi connectivity index (χ3n) is 4.21. The van der Waals surface area contributed by atoms with Crippen molar-refractivity contribution in [2.45, 2.75) is 45.1 Å². The van der Waals surface area contributed by atoms with Crippen molar-refractivity contribution in [3.8, 4) is 0 Å². The number of anilines is 1. The second-order valence-corrected chi connectivity index (χ2v) is 12.8. The van der Waals surface area contributed by atoms with E-state index in [1.54, 1.807) is 12.1 Å². The Kier molecular flexibility index (Phi) is 6.68. The van der Waals surface area contributed by atoms with Crippen molar-refractivity contribution in [3.05, 3.63) is 28.7 Å². The van der Waals surface area contributed by atoms with Gasteiger partial charge in [-0.15, -0.1) is 0 Å². The van der Waals surface area contributed by atoms with Gasteiger partial charge in [0.05, 0.1) is 6.61 Å². The minimum Gasteiger partial charge on any atom is -0.415 e. The number of rotatable bonds is 5. The lowest BCUT2D eigenvalue weighted by Crippen LogP contribution is -2.46. The van der Waals surface area contributed by atoms with E-state index in [-0.39, 0.29) is 23.9 Å². The first kappa shape index (κ1) is 21.2. The topological polar surface area (TPSA) is 29.5 Å². The van der Waals surface area contributed by atoms with Gasteiger partial charge in [0.2, 0.25) is 0 Å². The van der Waals surface area contributed by atoms with Gasteiger partial charge in [-0.3, -0.25) is 4.79 Å². The minimum atomic E-state index is -4.93. The molecule has 0 aliphatic carbocycles. The molecule has 0 radical (unpaired) electrons. The molecule has 8 heteroatoms. The smallest absolute Gasteiger partial charge is 0.415 e. The van der Waals surface area contributed by atoms with Crippen molar-refractivity contribution < 1.29 is 22.4 Å². The maximum atomic E-state index is 12.9. The number of hydrogen-bond acceptors (Lipinski definition) is 2. The van der Waals surface area contributed by atoms with E-state index in [4.69, 9.17) is 4.43 Å². The summed E-state index contributed by atoms with van der Waals surface area (Å²) in [4.78, 5) is 12.5. The van der Waals surface area contributed by atoms with E-state index in [9.17, 15) is 18.0 Å². The molecule has 0 aliphatic heterocycles. The lowest BCUT2D eigenvalue weighted by atomic mass is 10.2. The summed E-state index contributed by atoms with van der Waals surface area (Å²) in [6.45, 7) is 10.1. The van der Waals surface area contributed by atoms with Gasteiger partial charge in [-0.2, -0.15) is 13.2 Å². The molecule has 0 saturated carbocycles. The second-order valence-electron chi connectivity index (χ2n) is 7.04. The van der Waals surface area contributed by atoms with E-state index in [0.717, 1.165) is 9.37 Å². The van der Waals surface area contributed by atoms with Crippen LogP contribution in [-0.2, 0) is 9.22 Å². The van der Waals surface area contributed by atoms with E-state index in [0.29, 0.717) is 0 Å². The predicted octanol–water partition coefficient (Wildman–Crippen LogP) is 5.37. The van der Waals surface area contributed by atoms with Crippen molar-refractivity contribution in [2.75, 3.05) is 18.1 Å². The van der Waals surface area contributed by atoms with Crippen molar-refractivity contribution in [1.82, 2.24) is 0 Å². The molecular weight excluding hydrogens is 403 g/mol. The number of carbonyl (C=O) groups is 1. The van der Waals surface area contributed by atoms with Crippen molar-refractivity contribution in [1.29, 1.82) is 0 Å². The Labute approximate surface area is 150 Å². The largest absolute Gasteiger partial charge is 0.471 e. The Morgan fingerprint density at radius 1 is 1.17 bits per heavy atom. The van der Waals surface area contributed by atoms with Crippen LogP contribution >= 0.6 is 15.9 Å². The van der Waals surface area contributed by atoms with E-state index in [1.807, 2.05) is 33.9 Å². The van der Waals surface area contributed by atoms with Crippen LogP contribution in [0.15, 0.2) is 28.7 Å². The van der Waals surface area contributed by atoms with Gasteiger partial charge in [-0.25, -0.2) is 0 Å². The van der Waals surface area contributed by atoms with Gasteiger partial charge in [-0.1, -0.05) is 36.7 Å². The lowest BCUT2D eigenvalue weighted by molar-refractivity contribution is -0.170. The van der Waals surface area contributed by atoms with Crippen LogP contribution in [-0.4, -0.2) is 33.6 Å². The fourth-order valence-electron chi connectivity index (χ4n) is 1.73. The lowest BCUT2D eigenvalue weighted by Gasteiger charge is -2.36. The van der Waals surface area contributed by atoms with Crippen molar-refractivity contribution in [3.63, 3.8) is 0 Å². The Bertz CT molecular complexity index is 568. The standard InChI is InChI=1S/C16H23BrF3NO2Si/c1-15(2,3)24(4,5)23-11-10-21(14(22)16(18,19)20)13-8-6-12(17)7-9-13/h6-9H,10-11H2,1-5H3. The molecule has 1 aromatic carbocycles. The summed E-state index contributed by atoms with van der Waals surface area (Å²) in [5, 5.41) is -0.0521. The van der Waals surface area contributed by atoms with Gasteiger partial charge < -0.3 is 9.33 Å². The molecule has 0 saturated heterocycles. The first-order valence-electron chi connectivity index (χ1n) is 7.54. The zero-order valence-electron chi connectivity index (χ0n) is 14.5. The maximum Gasteiger partial charge on any atom is 0.471 e. The number of hydrogen-bond donors (Lipinski definition) is 0. The summed E-state index contributed by atoms with van der Waals surface area (Å²) in [6, 6.07) is 6.14. The van der Waals surface area contributed by atoms with Gasteiger partial charge in [0.25, 0.3) is 0 Å². The van der Waals surface area contributed by atoms with Crippen molar-refractivity contribution in [2.24, 2.45) is 0 Å². The molecule has 3 nitrogen and oxygen atoms in total. The molecule has 1 rings (SSSR count). The summed E-state index contributed by atoms with van der Waals surface area (Å²) in [6.07, 6.45) is -4.93. The number of benzene rings is 1. The summed E-state index contributed by atoms with van der Waals surface area (Å²) < 4.78 is 45.3. The van der Waals surface area contributed by atoms with E-state index < -0.39 is 20.4 Å². The van der Waals surface area contributed by atoms with Crippen LogP contribution < -0.4 is 4.90 Å². The summed E-state index contributed by atoms with van der Waals surface area (Å²) in [5.41, 5.74) is 0.194. The molecule has 0 heterocycles. The third-order valence-corrected chi connectivity index (χ3v) is 9.28. The number of nitrogens with zero attached hydrogens (tertiary/aromatic N) is 1. The molecule has 1 amide bonds. The second kappa shape index (κ2) is 7.57. The Morgan fingerprint density at radius 2 is 1.67 bits per heavy atom. The molecule has 0 atom stereocenters. The zero-order chi connectivity index (χ0) is 18.8. The average molecular weight is 426 g/mol. The highest BCUT2D eigenvalue weighted by Crippen LogP contribution is 2.36. The highest BCUT2D eigenvalue weighted by atomic mass is 79.9. The summed E-state index contributed by atoms with van der Waals surface area (Å²) in [7, 11) is -2.09. The minimum absolute atomic E-state index is 0.0521. The van der Waals surface area contributed by atoms with Crippen LogP contribution in [0.5, 0.6) is 0 Å². The van der Waals surface area contributed by atoms with E-state index >= 15 is 0 Å². The van der Waals surface area contributed by atoms with Crippen molar-refractivity contribution >= 4 is 35.8 Å². The Balaban J connectivity index is 2.92. The van der Waals surface area contributed by atoms with Gasteiger partial charge in [0.15, 0.2) is 8.32 Å². The highest BCUT2D eigenvalue weighted by molar-refractivity contribution is 9.10. The molecular formula is C16H23BrF3NO2Si. The average Bonchev–Trinajstić information content (AvgIpc) is 2.42. The number of carbonyl (C=O) groups excluding carboxylic acids is 1. The van der Waals surface area contributed by atoms with Crippen LogP contribution in [0.4, 0.5) is 18.9 Å². The Hall–Kier alpha value is -0.863. The molecule has 0 fully saturated rings. The third kappa shape index (κ3) is 5.60. The maximum absolute atomic E-state index is 12.9. The highest BCUT2D eigenvalue weighted by Gasteiger charge is 2.43. The van der Waals surface area contributed by atoms with Crippen LogP contribution in [0, 0.1) is 0 Å². The number of alkyl halides is 3. The molecule has 136 valence electrons. The molecule has 0 spiro atoms. The summed E-state index contributed by atoms with van der Waals surface area (Å²) >= 11 is 3.23. The van der Waals surface area contributed by atoms with Crippen LogP contribution in [0.25, 0.3) is 0 Å². The molecule has 0 aliphatic rings. The molecule has 0 N–H and O–H groups in total. The summed E-state index contributed by atoms with van der Waals surface area (Å²) in [5.74, 6) is -1.89. The normalized spacial score (nSPS) is 13.0. The fourth-order valence-corrected chi connectivity index (χ4v) is 3.03. The number of amides is 1. The first-order valence-corrected chi connectivity index (χ1v) is 11.2. The van der Waals surface area contributed by atoms with Gasteiger partial charge in [0, 0.05) is 16.7 Å². The van der Waals surface area contributed by atoms with E-state index in [2.05, 4.69) is 15.9 Å². The van der Waals surface area contributed by atoms with Gasteiger partial charge in [0.1, 0.15) is 0 Å². The fraction of sp³-hybridized carbons (Fsp3) is 0.562. The quantitative estimate of drug-likeness (QED) is 0.593. The molecule has 0 bridgehead atoms. The van der Waals surface area contributed by atoms with Crippen LogP contribution in [0.3, 0.4) is 0 Å². The first-order chi connectivity index (χ1) is 10.8. The molecule has 0 unspecified atom stereocenters. The van der Waals surface area contributed by atoms with Crippen LogP contribution in [0.1, 0.15) is 20.8 Å². The van der Waals surface area contributed by atoms with Gasteiger partial charge in [-0.05, 0) is 42.4 Å². The SMILES string of the molecule is CC(C)(C)[Si](C)(C)OCCN(C(=O)C(F)(F)F)c1ccc(Br)cc1.